The second-order valence-corrected chi connectivity index (χ2v) is 7.66. The van der Waals surface area contributed by atoms with Gasteiger partial charge in [0.05, 0.1) is 22.1 Å². The first-order valence-electron chi connectivity index (χ1n) is 7.07. The van der Waals surface area contributed by atoms with Gasteiger partial charge in [-0.25, -0.2) is 4.98 Å². The van der Waals surface area contributed by atoms with Gasteiger partial charge in [-0.05, 0) is 24.5 Å². The normalized spacial score (nSPS) is 22.7. The van der Waals surface area contributed by atoms with Gasteiger partial charge in [0.1, 0.15) is 0 Å². The van der Waals surface area contributed by atoms with E-state index in [-0.39, 0.29) is 11.8 Å². The molecule has 0 saturated carbocycles. The van der Waals surface area contributed by atoms with Crippen LogP contribution in [0.25, 0.3) is 10.2 Å². The number of hydrogen-bond acceptors (Lipinski definition) is 5. The molecule has 1 aromatic heterocycles. The van der Waals surface area contributed by atoms with Crippen molar-refractivity contribution < 1.29 is 9.90 Å². The van der Waals surface area contributed by atoms with Gasteiger partial charge in [0.25, 0.3) is 0 Å². The fourth-order valence-corrected chi connectivity index (χ4v) is 4.37. The standard InChI is InChI=1S/C15H18N2O2S2/c1-10-6-7-17(8-12(10)18)14(19)9-20-15-16-11-4-2-3-5-13(11)21-15/h2-5,10,12,18H,6-9H2,1H3. The Morgan fingerprint density at radius 3 is 3.10 bits per heavy atom. The molecule has 1 saturated heterocycles. The number of nitrogens with zero attached hydrogens (tertiary/aromatic N) is 2. The third-order valence-corrected chi connectivity index (χ3v) is 6.03. The summed E-state index contributed by atoms with van der Waals surface area (Å²) in [5.74, 6) is 0.761. The van der Waals surface area contributed by atoms with Gasteiger partial charge >= 0.3 is 0 Å². The molecule has 2 heterocycles. The van der Waals surface area contributed by atoms with E-state index in [2.05, 4.69) is 4.98 Å². The number of fused-ring (bicyclic) bond motifs is 1. The summed E-state index contributed by atoms with van der Waals surface area (Å²) in [6, 6.07) is 8.00. The molecule has 1 amide bonds. The van der Waals surface area contributed by atoms with Gasteiger partial charge in [-0.3, -0.25) is 4.79 Å². The van der Waals surface area contributed by atoms with Crippen LogP contribution < -0.4 is 0 Å². The zero-order chi connectivity index (χ0) is 14.8. The molecule has 21 heavy (non-hydrogen) atoms. The number of aliphatic hydroxyl groups is 1. The van der Waals surface area contributed by atoms with Crippen molar-refractivity contribution in [1.29, 1.82) is 0 Å². The molecular weight excluding hydrogens is 304 g/mol. The van der Waals surface area contributed by atoms with Crippen molar-refractivity contribution in [3.63, 3.8) is 0 Å². The summed E-state index contributed by atoms with van der Waals surface area (Å²) in [5, 5.41) is 9.87. The van der Waals surface area contributed by atoms with E-state index in [1.54, 1.807) is 16.2 Å². The van der Waals surface area contributed by atoms with Gasteiger partial charge < -0.3 is 10.0 Å². The average molecular weight is 322 g/mol. The molecular formula is C15H18N2O2S2. The summed E-state index contributed by atoms with van der Waals surface area (Å²) in [5.41, 5.74) is 0.986. The predicted molar refractivity (Wildman–Crippen MR) is 86.7 cm³/mol. The number of thioether (sulfide) groups is 1. The molecule has 1 fully saturated rings. The Morgan fingerprint density at radius 1 is 1.52 bits per heavy atom. The fraction of sp³-hybridized carbons (Fsp3) is 0.467. The van der Waals surface area contributed by atoms with Crippen molar-refractivity contribution in [3.05, 3.63) is 24.3 Å². The second kappa shape index (κ2) is 6.34. The highest BCUT2D eigenvalue weighted by Gasteiger charge is 2.27. The Balaban J connectivity index is 1.58. The maximum atomic E-state index is 12.2. The summed E-state index contributed by atoms with van der Waals surface area (Å²) < 4.78 is 2.07. The van der Waals surface area contributed by atoms with Crippen LogP contribution in [0.2, 0.25) is 0 Å². The number of benzene rings is 1. The Kier molecular flexibility index (Phi) is 4.47. The Morgan fingerprint density at radius 2 is 2.33 bits per heavy atom. The number of piperidine rings is 1. The third kappa shape index (κ3) is 3.39. The molecule has 2 atom stereocenters. The molecule has 1 N–H and O–H groups in total. The Bertz CT molecular complexity index is 610. The lowest BCUT2D eigenvalue weighted by Crippen LogP contribution is -2.46. The minimum Gasteiger partial charge on any atom is -0.391 e. The van der Waals surface area contributed by atoms with Gasteiger partial charge in [0.15, 0.2) is 4.34 Å². The molecule has 0 bridgehead atoms. The van der Waals surface area contributed by atoms with Crippen LogP contribution in [0.15, 0.2) is 28.6 Å². The van der Waals surface area contributed by atoms with Crippen LogP contribution in [0.4, 0.5) is 0 Å². The van der Waals surface area contributed by atoms with E-state index in [0.29, 0.717) is 12.3 Å². The topological polar surface area (TPSA) is 53.4 Å². The first-order chi connectivity index (χ1) is 10.1. The highest BCUT2D eigenvalue weighted by atomic mass is 32.2. The lowest BCUT2D eigenvalue weighted by molar-refractivity contribution is -0.132. The number of carbonyl (C=O) groups is 1. The number of rotatable bonds is 3. The van der Waals surface area contributed by atoms with Gasteiger partial charge in [0.2, 0.25) is 5.91 Å². The van der Waals surface area contributed by atoms with Crippen LogP contribution in [0.3, 0.4) is 0 Å². The van der Waals surface area contributed by atoms with Crippen molar-refractivity contribution in [2.75, 3.05) is 18.8 Å². The van der Waals surface area contributed by atoms with Crippen LogP contribution in [-0.2, 0) is 4.79 Å². The van der Waals surface area contributed by atoms with Gasteiger partial charge in [0, 0.05) is 13.1 Å². The van der Waals surface area contributed by atoms with Crippen molar-refractivity contribution in [3.8, 4) is 0 Å². The molecule has 4 nitrogen and oxygen atoms in total. The van der Waals surface area contributed by atoms with E-state index >= 15 is 0 Å². The summed E-state index contributed by atoms with van der Waals surface area (Å²) in [4.78, 5) is 18.5. The molecule has 2 unspecified atom stereocenters. The quantitative estimate of drug-likeness (QED) is 0.883. The van der Waals surface area contributed by atoms with Crippen molar-refractivity contribution in [1.82, 2.24) is 9.88 Å². The second-order valence-electron chi connectivity index (χ2n) is 5.41. The summed E-state index contributed by atoms with van der Waals surface area (Å²) >= 11 is 3.10. The number of aliphatic hydroxyl groups excluding tert-OH is 1. The SMILES string of the molecule is CC1CCN(C(=O)CSc2nc3ccccc3s2)CC1O. The number of amides is 1. The van der Waals surface area contributed by atoms with Gasteiger partial charge in [-0.15, -0.1) is 11.3 Å². The van der Waals surface area contributed by atoms with E-state index in [9.17, 15) is 9.90 Å². The molecule has 6 heteroatoms. The lowest BCUT2D eigenvalue weighted by Gasteiger charge is -2.34. The minimum absolute atomic E-state index is 0.0882. The monoisotopic (exact) mass is 322 g/mol. The molecule has 0 spiro atoms. The zero-order valence-electron chi connectivity index (χ0n) is 11.9. The number of likely N-dealkylation sites (tertiary alicyclic amines) is 1. The maximum Gasteiger partial charge on any atom is 0.233 e. The first-order valence-corrected chi connectivity index (χ1v) is 8.88. The number of β-amino-alcohol motifs (C(OH)–C–C–N with tert-alkyl or cyclic N) is 1. The smallest absolute Gasteiger partial charge is 0.233 e. The van der Waals surface area contributed by atoms with Crippen molar-refractivity contribution in [2.45, 2.75) is 23.8 Å². The van der Waals surface area contributed by atoms with Crippen molar-refractivity contribution >= 4 is 39.2 Å². The molecule has 0 aliphatic carbocycles. The molecule has 112 valence electrons. The van der Waals surface area contributed by atoms with Crippen LogP contribution in [-0.4, -0.2) is 45.8 Å². The van der Waals surface area contributed by atoms with Gasteiger partial charge in [-0.2, -0.15) is 0 Å². The Hall–Kier alpha value is -1.11. The number of carbonyl (C=O) groups excluding carboxylic acids is 1. The average Bonchev–Trinajstić information content (AvgIpc) is 2.90. The number of aromatic nitrogens is 1. The number of hydrogen-bond donors (Lipinski definition) is 1. The summed E-state index contributed by atoms with van der Waals surface area (Å²) in [6.07, 6.45) is 0.480. The van der Waals surface area contributed by atoms with Crippen LogP contribution >= 0.6 is 23.1 Å². The van der Waals surface area contributed by atoms with Crippen molar-refractivity contribution in [2.24, 2.45) is 5.92 Å². The van der Waals surface area contributed by atoms with E-state index in [1.165, 1.54) is 11.8 Å². The number of thiazole rings is 1. The lowest BCUT2D eigenvalue weighted by atomic mass is 9.96. The third-order valence-electron chi connectivity index (χ3n) is 3.86. The van der Waals surface area contributed by atoms with Crippen LogP contribution in [0, 0.1) is 5.92 Å². The summed E-state index contributed by atoms with van der Waals surface area (Å²) in [6.45, 7) is 3.24. The molecule has 1 aromatic carbocycles. The highest BCUT2D eigenvalue weighted by molar-refractivity contribution is 8.01. The van der Waals surface area contributed by atoms with Crippen LogP contribution in [0.1, 0.15) is 13.3 Å². The Labute approximate surface area is 132 Å². The van der Waals surface area contributed by atoms with E-state index < -0.39 is 6.10 Å². The molecule has 2 aromatic rings. The van der Waals surface area contributed by atoms with E-state index in [0.717, 1.165) is 27.5 Å². The number of para-hydroxylation sites is 1. The van der Waals surface area contributed by atoms with Crippen LogP contribution in [0.5, 0.6) is 0 Å². The molecule has 0 radical (unpaired) electrons. The highest BCUT2D eigenvalue weighted by Crippen LogP contribution is 2.29. The summed E-state index contributed by atoms with van der Waals surface area (Å²) in [7, 11) is 0. The molecule has 3 rings (SSSR count). The first kappa shape index (κ1) is 14.8. The van der Waals surface area contributed by atoms with E-state index in [1.807, 2.05) is 31.2 Å². The van der Waals surface area contributed by atoms with Gasteiger partial charge in [-0.1, -0.05) is 30.8 Å². The largest absolute Gasteiger partial charge is 0.391 e. The maximum absolute atomic E-state index is 12.2. The fourth-order valence-electron chi connectivity index (χ4n) is 2.40. The van der Waals surface area contributed by atoms with E-state index in [4.69, 9.17) is 0 Å². The predicted octanol–water partition coefficient (Wildman–Crippen LogP) is 2.62. The zero-order valence-corrected chi connectivity index (χ0v) is 13.5. The molecule has 1 aliphatic rings. The minimum atomic E-state index is -0.393. The molecule has 1 aliphatic heterocycles.